The number of nitrogens with two attached hydrogens (primary N) is 1. The van der Waals surface area contributed by atoms with Crippen molar-refractivity contribution in [2.24, 2.45) is 0 Å². The molecule has 2 heteroatoms. The van der Waals surface area contributed by atoms with Crippen molar-refractivity contribution in [2.45, 2.75) is 33.6 Å². The van der Waals surface area contributed by atoms with E-state index in [0.717, 1.165) is 24.0 Å². The van der Waals surface area contributed by atoms with Gasteiger partial charge >= 0.3 is 0 Å². The SMILES string of the molecule is CCc1ccc(C(=O)c2ccc(C)c(N)c2)cc1CC. The molecule has 2 N–H and O–H groups in total. The van der Waals surface area contributed by atoms with E-state index < -0.39 is 0 Å². The molecule has 2 aromatic carbocycles. The van der Waals surface area contributed by atoms with Crippen molar-refractivity contribution in [1.29, 1.82) is 0 Å². The summed E-state index contributed by atoms with van der Waals surface area (Å²) in [6, 6.07) is 11.5. The Bertz CT molecular complexity index is 644. The smallest absolute Gasteiger partial charge is 0.193 e. The highest BCUT2D eigenvalue weighted by Crippen LogP contribution is 2.19. The maximum Gasteiger partial charge on any atom is 0.193 e. The van der Waals surface area contributed by atoms with Gasteiger partial charge in [0.15, 0.2) is 5.78 Å². The van der Waals surface area contributed by atoms with E-state index in [1.54, 1.807) is 6.07 Å². The maximum atomic E-state index is 12.5. The summed E-state index contributed by atoms with van der Waals surface area (Å²) in [5.41, 5.74) is 11.5. The van der Waals surface area contributed by atoms with Crippen LogP contribution in [0, 0.1) is 6.92 Å². The fraction of sp³-hybridized carbons (Fsp3) is 0.278. The number of carbonyl (C=O) groups is 1. The standard InChI is InChI=1S/C18H21NO/c1-4-13-8-9-15(10-14(13)5-2)18(20)16-7-6-12(3)17(19)11-16/h6-11H,4-5,19H2,1-3H3. The van der Waals surface area contributed by atoms with Gasteiger partial charge in [0.2, 0.25) is 0 Å². The quantitative estimate of drug-likeness (QED) is 0.673. The summed E-state index contributed by atoms with van der Waals surface area (Å²) in [4.78, 5) is 12.5. The first-order valence-corrected chi connectivity index (χ1v) is 7.09. The van der Waals surface area contributed by atoms with Crippen molar-refractivity contribution in [3.05, 3.63) is 64.2 Å². The highest BCUT2D eigenvalue weighted by Gasteiger charge is 2.11. The molecule has 0 aliphatic rings. The summed E-state index contributed by atoms with van der Waals surface area (Å²) >= 11 is 0. The second-order valence-corrected chi connectivity index (χ2v) is 5.09. The molecule has 0 aliphatic heterocycles. The van der Waals surface area contributed by atoms with Crippen LogP contribution in [0.15, 0.2) is 36.4 Å². The minimum absolute atomic E-state index is 0.0362. The summed E-state index contributed by atoms with van der Waals surface area (Å²) in [5, 5.41) is 0. The molecule has 0 atom stereocenters. The topological polar surface area (TPSA) is 43.1 Å². The van der Waals surface area contributed by atoms with E-state index >= 15 is 0 Å². The molecule has 20 heavy (non-hydrogen) atoms. The molecule has 0 spiro atoms. The van der Waals surface area contributed by atoms with Gasteiger partial charge in [-0.15, -0.1) is 0 Å². The van der Waals surface area contributed by atoms with Crippen LogP contribution >= 0.6 is 0 Å². The van der Waals surface area contributed by atoms with Crippen LogP contribution in [0.1, 0.15) is 46.5 Å². The van der Waals surface area contributed by atoms with Gasteiger partial charge in [-0.25, -0.2) is 0 Å². The largest absolute Gasteiger partial charge is 0.398 e. The lowest BCUT2D eigenvalue weighted by Gasteiger charge is -2.09. The second kappa shape index (κ2) is 5.91. The lowest BCUT2D eigenvalue weighted by Crippen LogP contribution is -2.04. The molecule has 0 bridgehead atoms. The number of rotatable bonds is 4. The summed E-state index contributed by atoms with van der Waals surface area (Å²) in [5.74, 6) is 0.0362. The van der Waals surface area contributed by atoms with Gasteiger partial charge in [0.1, 0.15) is 0 Å². The molecular formula is C18H21NO. The van der Waals surface area contributed by atoms with Gasteiger partial charge in [-0.2, -0.15) is 0 Å². The van der Waals surface area contributed by atoms with Crippen LogP contribution in [0.3, 0.4) is 0 Å². The average molecular weight is 267 g/mol. The number of ketones is 1. The number of aryl methyl sites for hydroxylation is 3. The zero-order valence-electron chi connectivity index (χ0n) is 12.4. The molecule has 104 valence electrons. The number of carbonyl (C=O) groups excluding carboxylic acids is 1. The average Bonchev–Trinajstić information content (AvgIpc) is 2.48. The third-order valence-corrected chi connectivity index (χ3v) is 3.77. The van der Waals surface area contributed by atoms with E-state index in [9.17, 15) is 4.79 Å². The lowest BCUT2D eigenvalue weighted by atomic mass is 9.95. The van der Waals surface area contributed by atoms with Crippen molar-refractivity contribution < 1.29 is 4.79 Å². The van der Waals surface area contributed by atoms with Gasteiger partial charge in [0.05, 0.1) is 0 Å². The van der Waals surface area contributed by atoms with Crippen LogP contribution in [0.5, 0.6) is 0 Å². The molecule has 2 nitrogen and oxygen atoms in total. The molecule has 0 heterocycles. The molecular weight excluding hydrogens is 246 g/mol. The molecule has 0 unspecified atom stereocenters. The number of anilines is 1. The van der Waals surface area contributed by atoms with E-state index in [1.807, 2.05) is 31.2 Å². The van der Waals surface area contributed by atoms with Crippen LogP contribution in [-0.4, -0.2) is 5.78 Å². The highest BCUT2D eigenvalue weighted by atomic mass is 16.1. The van der Waals surface area contributed by atoms with Gasteiger partial charge in [-0.05, 0) is 48.6 Å². The zero-order chi connectivity index (χ0) is 14.7. The van der Waals surface area contributed by atoms with Crippen molar-refractivity contribution in [3.8, 4) is 0 Å². The molecule has 0 fully saturated rings. The Hall–Kier alpha value is -2.09. The molecule has 0 saturated heterocycles. The predicted molar refractivity (Wildman–Crippen MR) is 84.2 cm³/mol. The monoisotopic (exact) mass is 267 g/mol. The Morgan fingerprint density at radius 3 is 2.15 bits per heavy atom. The first kappa shape index (κ1) is 14.3. The molecule has 0 saturated carbocycles. The third-order valence-electron chi connectivity index (χ3n) is 3.77. The van der Waals surface area contributed by atoms with Crippen LogP contribution < -0.4 is 5.73 Å². The van der Waals surface area contributed by atoms with E-state index in [4.69, 9.17) is 5.73 Å². The van der Waals surface area contributed by atoms with Gasteiger partial charge < -0.3 is 5.73 Å². The van der Waals surface area contributed by atoms with E-state index in [1.165, 1.54) is 11.1 Å². The van der Waals surface area contributed by atoms with Gasteiger partial charge in [0, 0.05) is 16.8 Å². The van der Waals surface area contributed by atoms with Crippen molar-refractivity contribution in [2.75, 3.05) is 5.73 Å². The highest BCUT2D eigenvalue weighted by molar-refractivity contribution is 6.09. The van der Waals surface area contributed by atoms with Gasteiger partial charge in [-0.3, -0.25) is 4.79 Å². The zero-order valence-corrected chi connectivity index (χ0v) is 12.4. The fourth-order valence-corrected chi connectivity index (χ4v) is 2.39. The molecule has 0 aromatic heterocycles. The summed E-state index contributed by atoms with van der Waals surface area (Å²) in [6.07, 6.45) is 1.94. The van der Waals surface area contributed by atoms with E-state index in [-0.39, 0.29) is 5.78 Å². The Balaban J connectivity index is 2.40. The molecule has 0 radical (unpaired) electrons. The molecule has 2 rings (SSSR count). The van der Waals surface area contributed by atoms with Crippen molar-refractivity contribution in [1.82, 2.24) is 0 Å². The maximum absolute atomic E-state index is 12.5. The number of hydrogen-bond donors (Lipinski definition) is 1. The summed E-state index contributed by atoms with van der Waals surface area (Å²) in [7, 11) is 0. The Morgan fingerprint density at radius 1 is 0.950 bits per heavy atom. The van der Waals surface area contributed by atoms with Crippen LogP contribution in [0.25, 0.3) is 0 Å². The normalized spacial score (nSPS) is 10.6. The van der Waals surface area contributed by atoms with Gasteiger partial charge in [0.25, 0.3) is 0 Å². The van der Waals surface area contributed by atoms with E-state index in [0.29, 0.717) is 11.3 Å². The number of hydrogen-bond acceptors (Lipinski definition) is 2. The first-order valence-electron chi connectivity index (χ1n) is 7.09. The predicted octanol–water partition coefficient (Wildman–Crippen LogP) is 3.93. The number of nitrogen functional groups attached to an aromatic ring is 1. The summed E-state index contributed by atoms with van der Waals surface area (Å²) < 4.78 is 0. The van der Waals surface area contributed by atoms with Crippen LogP contribution in [-0.2, 0) is 12.8 Å². The third kappa shape index (κ3) is 2.74. The molecule has 0 aliphatic carbocycles. The summed E-state index contributed by atoms with van der Waals surface area (Å²) in [6.45, 7) is 6.19. The van der Waals surface area contributed by atoms with E-state index in [2.05, 4.69) is 19.9 Å². The van der Waals surface area contributed by atoms with Crippen molar-refractivity contribution >= 4 is 11.5 Å². The van der Waals surface area contributed by atoms with Crippen LogP contribution in [0.4, 0.5) is 5.69 Å². The Kier molecular flexibility index (Phi) is 4.23. The second-order valence-electron chi connectivity index (χ2n) is 5.09. The lowest BCUT2D eigenvalue weighted by molar-refractivity contribution is 0.103. The first-order chi connectivity index (χ1) is 9.56. The molecule has 2 aromatic rings. The minimum atomic E-state index is 0.0362. The number of benzene rings is 2. The Morgan fingerprint density at radius 2 is 1.55 bits per heavy atom. The van der Waals surface area contributed by atoms with Crippen molar-refractivity contribution in [3.63, 3.8) is 0 Å². The van der Waals surface area contributed by atoms with Crippen LogP contribution in [0.2, 0.25) is 0 Å². The Labute approximate surface area is 120 Å². The minimum Gasteiger partial charge on any atom is -0.398 e. The molecule has 0 amide bonds. The van der Waals surface area contributed by atoms with Gasteiger partial charge in [-0.1, -0.05) is 38.1 Å². The fourth-order valence-electron chi connectivity index (χ4n) is 2.39.